The third-order valence-electron chi connectivity index (χ3n) is 9.79. The Morgan fingerprint density at radius 3 is 2.17 bits per heavy atom. The predicted molar refractivity (Wildman–Crippen MR) is 176 cm³/mol. The summed E-state index contributed by atoms with van der Waals surface area (Å²) in [6.07, 6.45) is 0.678. The van der Waals surface area contributed by atoms with Gasteiger partial charge in [-0.1, -0.05) is 12.1 Å². The minimum atomic E-state index is -2.71. The maximum absolute atomic E-state index is 14.2. The van der Waals surface area contributed by atoms with Crippen LogP contribution in [-0.4, -0.2) is 103 Å². The number of carbonyl (C=O) groups excluding carboxylic acids is 4. The van der Waals surface area contributed by atoms with Crippen molar-refractivity contribution in [3.8, 4) is 5.75 Å². The van der Waals surface area contributed by atoms with Crippen molar-refractivity contribution in [2.24, 2.45) is 17.6 Å². The number of rotatable bonds is 9. The molecule has 0 saturated heterocycles. The van der Waals surface area contributed by atoms with Crippen molar-refractivity contribution in [1.82, 2.24) is 4.90 Å². The Labute approximate surface area is 273 Å². The lowest BCUT2D eigenvalue weighted by Gasteiger charge is -2.50. The number of primary amides is 1. The Kier molecular flexibility index (Phi) is 8.71. The molecule has 3 aliphatic carbocycles. The molecule has 5 rings (SSSR count). The maximum atomic E-state index is 14.2. The smallest absolute Gasteiger partial charge is 0.255 e. The molecule has 0 spiro atoms. The molecule has 0 aromatic heterocycles. The number of aliphatic hydroxyl groups is 3. The van der Waals surface area contributed by atoms with E-state index in [-0.39, 0.29) is 54.8 Å². The van der Waals surface area contributed by atoms with Crippen molar-refractivity contribution in [3.05, 3.63) is 69.5 Å². The van der Waals surface area contributed by atoms with Crippen LogP contribution in [0.25, 0.3) is 5.76 Å². The van der Waals surface area contributed by atoms with Crippen LogP contribution in [0.2, 0.25) is 0 Å². The Bertz CT molecular complexity index is 1740. The standard InChI is InChI=1S/C35H42N4O8/c1-37(2)20-10-7-17(8-11-20)13-21(40)12-9-18-16-24(38(3)4)22-14-19-15-23-28(39(5)6)31(43)27(34(36)46)33(45)35(23,47)32(44)25(19)30(42)26(22)29(18)41/h7-8,10-11,16,19,23,28,41-42,45,47H,9,12-15H2,1-6H3,(H2,36,46)/t19-,23-,28-,35-/m0/s1. The number of nitrogens with zero attached hydrogens (tertiary/aromatic N) is 3. The summed E-state index contributed by atoms with van der Waals surface area (Å²) >= 11 is 0. The van der Waals surface area contributed by atoms with Crippen molar-refractivity contribution >= 4 is 40.4 Å². The maximum Gasteiger partial charge on any atom is 0.255 e. The number of nitrogens with two attached hydrogens (primary N) is 1. The molecular formula is C35H42N4O8. The second-order valence-corrected chi connectivity index (χ2v) is 13.4. The predicted octanol–water partition coefficient (Wildman–Crippen LogP) is 1.84. The van der Waals surface area contributed by atoms with Gasteiger partial charge in [0.15, 0.2) is 11.4 Å². The highest BCUT2D eigenvalue weighted by Crippen LogP contribution is 2.54. The monoisotopic (exact) mass is 646 g/mol. The number of phenols is 1. The number of ketones is 3. The van der Waals surface area contributed by atoms with Gasteiger partial charge in [-0.25, -0.2) is 0 Å². The van der Waals surface area contributed by atoms with Crippen LogP contribution >= 0.6 is 0 Å². The number of fused-ring (bicyclic) bond motifs is 3. The van der Waals surface area contributed by atoms with E-state index in [9.17, 15) is 39.6 Å². The number of anilines is 2. The molecule has 0 unspecified atom stereocenters. The number of aryl methyl sites for hydroxylation is 1. The molecule has 12 nitrogen and oxygen atoms in total. The first kappa shape index (κ1) is 33.7. The largest absolute Gasteiger partial charge is 0.508 e. The summed E-state index contributed by atoms with van der Waals surface area (Å²) in [6.45, 7) is 0. The normalized spacial score (nSPS) is 23.8. The molecule has 3 aliphatic rings. The molecule has 2 aromatic carbocycles. The van der Waals surface area contributed by atoms with Gasteiger partial charge in [-0.2, -0.15) is 0 Å². The minimum absolute atomic E-state index is 0.00513. The summed E-state index contributed by atoms with van der Waals surface area (Å²) in [4.78, 5) is 57.9. The van der Waals surface area contributed by atoms with E-state index < -0.39 is 58.0 Å². The first-order valence-electron chi connectivity index (χ1n) is 15.5. The van der Waals surface area contributed by atoms with Crippen LogP contribution in [0.4, 0.5) is 11.4 Å². The molecular weight excluding hydrogens is 604 g/mol. The van der Waals surface area contributed by atoms with Gasteiger partial charge < -0.3 is 36.0 Å². The van der Waals surface area contributed by atoms with Crippen LogP contribution in [0.3, 0.4) is 0 Å². The summed E-state index contributed by atoms with van der Waals surface area (Å²) in [5.74, 6) is -7.00. The number of aliphatic hydroxyl groups excluding tert-OH is 2. The summed E-state index contributed by atoms with van der Waals surface area (Å²) in [5.41, 5.74) is 5.14. The average molecular weight is 647 g/mol. The number of likely N-dealkylation sites (N-methyl/N-ethyl adjacent to an activating group) is 1. The molecule has 1 amide bonds. The van der Waals surface area contributed by atoms with E-state index in [1.54, 1.807) is 34.3 Å². The number of Topliss-reactive ketones (excluding diaryl/α,β-unsaturated/α-hetero) is 3. The number of phenolic OH excluding ortho intramolecular Hbond substituents is 1. The molecule has 0 radical (unpaired) electrons. The van der Waals surface area contributed by atoms with E-state index in [1.807, 2.05) is 48.2 Å². The Hall–Kier alpha value is -4.68. The first-order chi connectivity index (χ1) is 22.0. The molecule has 12 heteroatoms. The topological polar surface area (TPSA) is 185 Å². The number of benzene rings is 2. The molecule has 4 atom stereocenters. The van der Waals surface area contributed by atoms with Gasteiger partial charge in [0.05, 0.1) is 11.6 Å². The van der Waals surface area contributed by atoms with E-state index in [0.29, 0.717) is 16.8 Å². The lowest BCUT2D eigenvalue weighted by Crippen LogP contribution is -2.65. The van der Waals surface area contributed by atoms with Crippen LogP contribution < -0.4 is 15.5 Å². The van der Waals surface area contributed by atoms with Gasteiger partial charge >= 0.3 is 0 Å². The summed E-state index contributed by atoms with van der Waals surface area (Å²) in [5, 5.41) is 46.1. The molecule has 1 saturated carbocycles. The Balaban J connectivity index is 1.53. The first-order valence-corrected chi connectivity index (χ1v) is 15.5. The molecule has 0 heterocycles. The quantitative estimate of drug-likeness (QED) is 0.251. The van der Waals surface area contributed by atoms with Crippen LogP contribution in [0.5, 0.6) is 5.75 Å². The van der Waals surface area contributed by atoms with Gasteiger partial charge in [0.2, 0.25) is 5.78 Å². The van der Waals surface area contributed by atoms with Gasteiger partial charge in [-0.15, -0.1) is 0 Å². The van der Waals surface area contributed by atoms with Crippen LogP contribution in [-0.2, 0) is 38.4 Å². The van der Waals surface area contributed by atoms with E-state index in [2.05, 4.69) is 0 Å². The third kappa shape index (κ3) is 5.44. The molecule has 250 valence electrons. The van der Waals surface area contributed by atoms with Crippen molar-refractivity contribution in [1.29, 1.82) is 0 Å². The number of hydrogen-bond acceptors (Lipinski definition) is 11. The van der Waals surface area contributed by atoms with E-state index in [4.69, 9.17) is 5.73 Å². The van der Waals surface area contributed by atoms with Gasteiger partial charge in [0, 0.05) is 63.9 Å². The summed E-state index contributed by atoms with van der Waals surface area (Å²) in [7, 11) is 10.6. The summed E-state index contributed by atoms with van der Waals surface area (Å²) in [6, 6.07) is 8.29. The lowest BCUT2D eigenvalue weighted by atomic mass is 9.57. The summed E-state index contributed by atoms with van der Waals surface area (Å²) < 4.78 is 0. The van der Waals surface area contributed by atoms with Crippen LogP contribution in [0, 0.1) is 11.8 Å². The van der Waals surface area contributed by atoms with Crippen molar-refractivity contribution in [2.75, 3.05) is 52.1 Å². The van der Waals surface area contributed by atoms with Gasteiger partial charge in [0.1, 0.15) is 28.6 Å². The van der Waals surface area contributed by atoms with Gasteiger partial charge in [0.25, 0.3) is 5.91 Å². The molecule has 6 N–H and O–H groups in total. The molecule has 0 aliphatic heterocycles. The van der Waals surface area contributed by atoms with E-state index in [0.717, 1.165) is 11.3 Å². The zero-order valence-electron chi connectivity index (χ0n) is 27.5. The number of amides is 1. The van der Waals surface area contributed by atoms with Crippen LogP contribution in [0.1, 0.15) is 35.1 Å². The number of aromatic hydroxyl groups is 1. The molecule has 0 bridgehead atoms. The van der Waals surface area contributed by atoms with Crippen molar-refractivity contribution in [2.45, 2.75) is 43.7 Å². The highest BCUT2D eigenvalue weighted by Gasteiger charge is 2.64. The molecule has 47 heavy (non-hydrogen) atoms. The van der Waals surface area contributed by atoms with Crippen molar-refractivity contribution in [3.63, 3.8) is 0 Å². The highest BCUT2D eigenvalue weighted by atomic mass is 16.3. The average Bonchev–Trinajstić information content (AvgIpc) is 2.98. The fourth-order valence-electron chi connectivity index (χ4n) is 7.44. The zero-order chi connectivity index (χ0) is 34.7. The third-order valence-corrected chi connectivity index (χ3v) is 9.79. The van der Waals surface area contributed by atoms with Gasteiger partial charge in [-0.3, -0.25) is 24.1 Å². The minimum Gasteiger partial charge on any atom is -0.508 e. The lowest BCUT2D eigenvalue weighted by molar-refractivity contribution is -0.153. The van der Waals surface area contributed by atoms with Gasteiger partial charge in [-0.05, 0) is 74.2 Å². The molecule has 1 fully saturated rings. The SMILES string of the molecule is CN(C)c1ccc(CC(=O)CCc2cc(N(C)C)c3c(c2O)C(O)=C2C(=O)[C@]4(O)C(O)=C(C(N)=O)C(=O)[C@@H](N(C)C)[C@@H]4C[C@@H]2C3)cc1. The Morgan fingerprint density at radius 1 is 0.979 bits per heavy atom. The second-order valence-electron chi connectivity index (χ2n) is 13.4. The zero-order valence-corrected chi connectivity index (χ0v) is 27.5. The number of hydrogen-bond donors (Lipinski definition) is 5. The highest BCUT2D eigenvalue weighted by molar-refractivity contribution is 6.24. The van der Waals surface area contributed by atoms with Crippen LogP contribution in [0.15, 0.2) is 47.2 Å². The van der Waals surface area contributed by atoms with Crippen molar-refractivity contribution < 1.29 is 39.6 Å². The second kappa shape index (κ2) is 12.2. The Morgan fingerprint density at radius 2 is 1.62 bits per heavy atom. The molecule has 2 aromatic rings. The van der Waals surface area contributed by atoms with E-state index >= 15 is 0 Å². The fourth-order valence-corrected chi connectivity index (χ4v) is 7.44. The fraction of sp³-hybridized carbons (Fsp3) is 0.429. The number of carbonyl (C=O) groups is 4. The van der Waals surface area contributed by atoms with E-state index in [1.165, 1.54) is 4.90 Å².